The maximum absolute atomic E-state index is 12.1. The van der Waals surface area contributed by atoms with Gasteiger partial charge in [-0.1, -0.05) is 6.92 Å². The molecule has 0 heterocycles. The molecule has 0 spiro atoms. The monoisotopic (exact) mass is 334 g/mol. The van der Waals surface area contributed by atoms with Gasteiger partial charge in [0.2, 0.25) is 5.91 Å². The number of hydrogen-bond acceptors (Lipinski definition) is 3. The lowest BCUT2D eigenvalue weighted by Gasteiger charge is -2.13. The molecule has 24 heavy (non-hydrogen) atoms. The van der Waals surface area contributed by atoms with E-state index in [1.807, 2.05) is 13.8 Å². The highest BCUT2D eigenvalue weighted by atomic mass is 16.2. The van der Waals surface area contributed by atoms with Crippen LogP contribution in [0.25, 0.3) is 0 Å². The van der Waals surface area contributed by atoms with Crippen LogP contribution in [0, 0.1) is 6.92 Å². The van der Waals surface area contributed by atoms with E-state index in [1.165, 1.54) is 0 Å². The van der Waals surface area contributed by atoms with Crippen molar-refractivity contribution in [1.29, 1.82) is 0 Å². The average Bonchev–Trinajstić information content (AvgIpc) is 2.54. The highest BCUT2D eigenvalue weighted by Gasteiger charge is 2.11. The van der Waals surface area contributed by atoms with Crippen LogP contribution >= 0.6 is 0 Å². The van der Waals surface area contributed by atoms with E-state index in [-0.39, 0.29) is 24.4 Å². The molecule has 132 valence electrons. The number of aryl methyl sites for hydroxylation is 1. The van der Waals surface area contributed by atoms with Crippen LogP contribution in [-0.4, -0.2) is 37.0 Å². The van der Waals surface area contributed by atoms with Gasteiger partial charge >= 0.3 is 6.03 Å². The molecule has 1 aromatic carbocycles. The average molecular weight is 334 g/mol. The summed E-state index contributed by atoms with van der Waals surface area (Å²) in [7, 11) is 0. The second kappa shape index (κ2) is 9.54. The van der Waals surface area contributed by atoms with Crippen molar-refractivity contribution in [1.82, 2.24) is 16.0 Å². The Morgan fingerprint density at radius 1 is 1.12 bits per heavy atom. The first-order valence-electron chi connectivity index (χ1n) is 8.10. The molecule has 7 heteroatoms. The van der Waals surface area contributed by atoms with E-state index in [9.17, 15) is 14.4 Å². The molecule has 4 amide bonds. The van der Waals surface area contributed by atoms with E-state index in [0.717, 1.165) is 12.0 Å². The predicted molar refractivity (Wildman–Crippen MR) is 94.1 cm³/mol. The number of benzene rings is 1. The molecular formula is C17H26N4O3. The first-order valence-corrected chi connectivity index (χ1v) is 8.10. The molecule has 0 bridgehead atoms. The predicted octanol–water partition coefficient (Wildman–Crippen LogP) is 1.78. The standard InChI is InChI=1S/C17H26N4O3/c1-5-12(4)20-16(23)13-7-8-14(11(3)9-13)21-17(24)19-10-15(22)18-6-2/h7-9,12H,5-6,10H2,1-4H3,(H,18,22)(H,20,23)(H2,19,21,24). The molecule has 1 unspecified atom stereocenters. The van der Waals surface area contributed by atoms with Gasteiger partial charge in [0, 0.05) is 23.8 Å². The zero-order valence-corrected chi connectivity index (χ0v) is 14.7. The number of hydrogen-bond donors (Lipinski definition) is 4. The van der Waals surface area contributed by atoms with Crippen molar-refractivity contribution in [2.24, 2.45) is 0 Å². The molecule has 1 atom stereocenters. The minimum atomic E-state index is -0.471. The quantitative estimate of drug-likeness (QED) is 0.611. The highest BCUT2D eigenvalue weighted by molar-refractivity contribution is 5.97. The lowest BCUT2D eigenvalue weighted by atomic mass is 10.1. The van der Waals surface area contributed by atoms with Crippen molar-refractivity contribution in [3.63, 3.8) is 0 Å². The Morgan fingerprint density at radius 3 is 2.42 bits per heavy atom. The van der Waals surface area contributed by atoms with E-state index < -0.39 is 6.03 Å². The topological polar surface area (TPSA) is 99.3 Å². The fourth-order valence-corrected chi connectivity index (χ4v) is 1.94. The highest BCUT2D eigenvalue weighted by Crippen LogP contribution is 2.16. The van der Waals surface area contributed by atoms with Crippen LogP contribution in [0.15, 0.2) is 18.2 Å². The molecule has 0 aliphatic heterocycles. The SMILES string of the molecule is CCNC(=O)CNC(=O)Nc1ccc(C(=O)NC(C)CC)cc1C. The third-order valence-corrected chi connectivity index (χ3v) is 3.51. The van der Waals surface area contributed by atoms with Gasteiger partial charge in [0.1, 0.15) is 0 Å². The van der Waals surface area contributed by atoms with Gasteiger partial charge in [0.15, 0.2) is 0 Å². The maximum atomic E-state index is 12.1. The molecule has 4 N–H and O–H groups in total. The fraction of sp³-hybridized carbons (Fsp3) is 0.471. The third-order valence-electron chi connectivity index (χ3n) is 3.51. The van der Waals surface area contributed by atoms with Crippen LogP contribution in [0.2, 0.25) is 0 Å². The van der Waals surface area contributed by atoms with Crippen LogP contribution in [0.5, 0.6) is 0 Å². The van der Waals surface area contributed by atoms with Gasteiger partial charge in [-0.25, -0.2) is 4.79 Å². The van der Waals surface area contributed by atoms with E-state index in [1.54, 1.807) is 32.0 Å². The summed E-state index contributed by atoms with van der Waals surface area (Å²) < 4.78 is 0. The number of rotatable bonds is 7. The summed E-state index contributed by atoms with van der Waals surface area (Å²) >= 11 is 0. The number of urea groups is 1. The van der Waals surface area contributed by atoms with Crippen LogP contribution < -0.4 is 21.3 Å². The molecule has 0 fully saturated rings. The second-order valence-electron chi connectivity index (χ2n) is 5.57. The number of amides is 4. The lowest BCUT2D eigenvalue weighted by molar-refractivity contribution is -0.119. The van der Waals surface area contributed by atoms with Crippen molar-refractivity contribution < 1.29 is 14.4 Å². The maximum Gasteiger partial charge on any atom is 0.319 e. The van der Waals surface area contributed by atoms with Crippen molar-refractivity contribution in [2.45, 2.75) is 40.2 Å². The van der Waals surface area contributed by atoms with Crippen LogP contribution in [0.3, 0.4) is 0 Å². The summed E-state index contributed by atoms with van der Waals surface area (Å²) in [6.45, 7) is 7.98. The van der Waals surface area contributed by atoms with Gasteiger partial charge in [-0.15, -0.1) is 0 Å². The smallest absolute Gasteiger partial charge is 0.319 e. The Hall–Kier alpha value is -2.57. The fourth-order valence-electron chi connectivity index (χ4n) is 1.94. The summed E-state index contributed by atoms with van der Waals surface area (Å²) in [4.78, 5) is 35.2. The van der Waals surface area contributed by atoms with Crippen molar-refractivity contribution in [3.05, 3.63) is 29.3 Å². The molecule has 0 aliphatic carbocycles. The molecular weight excluding hydrogens is 308 g/mol. The molecule has 0 saturated heterocycles. The molecule has 0 saturated carbocycles. The largest absolute Gasteiger partial charge is 0.355 e. The summed E-state index contributed by atoms with van der Waals surface area (Å²) in [5.41, 5.74) is 1.89. The zero-order chi connectivity index (χ0) is 18.1. The number of anilines is 1. The van der Waals surface area contributed by atoms with Crippen LogP contribution in [-0.2, 0) is 4.79 Å². The molecule has 0 radical (unpaired) electrons. The Kier molecular flexibility index (Phi) is 7.74. The number of nitrogens with one attached hydrogen (secondary N) is 4. The van der Waals surface area contributed by atoms with Crippen LogP contribution in [0.1, 0.15) is 43.1 Å². The van der Waals surface area contributed by atoms with Gasteiger partial charge in [0.25, 0.3) is 5.91 Å². The number of carbonyl (C=O) groups is 3. The minimum Gasteiger partial charge on any atom is -0.355 e. The molecule has 1 rings (SSSR count). The molecule has 7 nitrogen and oxygen atoms in total. The van der Waals surface area contributed by atoms with Gasteiger partial charge in [-0.3, -0.25) is 9.59 Å². The summed E-state index contributed by atoms with van der Waals surface area (Å²) in [5.74, 6) is -0.388. The second-order valence-corrected chi connectivity index (χ2v) is 5.57. The van der Waals surface area contributed by atoms with Gasteiger partial charge in [0.05, 0.1) is 6.54 Å². The minimum absolute atomic E-state index is 0.0892. The third kappa shape index (κ3) is 6.28. The summed E-state index contributed by atoms with van der Waals surface area (Å²) in [6.07, 6.45) is 0.857. The Labute approximate surface area is 142 Å². The van der Waals surface area contributed by atoms with Gasteiger partial charge < -0.3 is 21.3 Å². The van der Waals surface area contributed by atoms with Gasteiger partial charge in [-0.2, -0.15) is 0 Å². The normalized spacial score (nSPS) is 11.3. The molecule has 0 aliphatic rings. The number of likely N-dealkylation sites (N-methyl/N-ethyl adjacent to an activating group) is 1. The van der Waals surface area contributed by atoms with Crippen molar-refractivity contribution >= 4 is 23.5 Å². The first kappa shape index (κ1) is 19.5. The Balaban J connectivity index is 2.63. The van der Waals surface area contributed by atoms with Crippen molar-refractivity contribution in [2.75, 3.05) is 18.4 Å². The summed E-state index contributed by atoms with van der Waals surface area (Å²) in [5, 5.41) is 10.6. The molecule has 0 aromatic heterocycles. The van der Waals surface area contributed by atoms with E-state index >= 15 is 0 Å². The first-order chi connectivity index (χ1) is 11.4. The Morgan fingerprint density at radius 2 is 1.83 bits per heavy atom. The zero-order valence-electron chi connectivity index (χ0n) is 14.7. The summed E-state index contributed by atoms with van der Waals surface area (Å²) in [6, 6.07) is 4.69. The van der Waals surface area contributed by atoms with Gasteiger partial charge in [-0.05, 0) is 51.0 Å². The Bertz CT molecular complexity index is 601. The van der Waals surface area contributed by atoms with E-state index in [4.69, 9.17) is 0 Å². The number of carbonyl (C=O) groups excluding carboxylic acids is 3. The van der Waals surface area contributed by atoms with Crippen molar-refractivity contribution in [3.8, 4) is 0 Å². The van der Waals surface area contributed by atoms with Crippen LogP contribution in [0.4, 0.5) is 10.5 Å². The van der Waals surface area contributed by atoms with E-state index in [2.05, 4.69) is 21.3 Å². The lowest BCUT2D eigenvalue weighted by Crippen LogP contribution is -2.38. The van der Waals surface area contributed by atoms with E-state index in [0.29, 0.717) is 17.8 Å². The molecule has 1 aromatic rings.